The topological polar surface area (TPSA) is 55.4 Å². The molecule has 0 aliphatic heterocycles. The van der Waals surface area contributed by atoms with Crippen molar-refractivity contribution in [3.63, 3.8) is 0 Å². The van der Waals surface area contributed by atoms with E-state index in [9.17, 15) is 8.42 Å². The van der Waals surface area contributed by atoms with Gasteiger partial charge in [-0.3, -0.25) is 0 Å². The Labute approximate surface area is 91.0 Å². The quantitative estimate of drug-likeness (QED) is 0.646. The van der Waals surface area contributed by atoms with Gasteiger partial charge < -0.3 is 4.74 Å². The van der Waals surface area contributed by atoms with Gasteiger partial charge in [0.1, 0.15) is 0 Å². The van der Waals surface area contributed by atoms with Gasteiger partial charge in [0.15, 0.2) is 0 Å². The predicted octanol–water partition coefficient (Wildman–Crippen LogP) is 0.960. The molecule has 0 bridgehead atoms. The molecule has 0 heterocycles. The fourth-order valence-corrected chi connectivity index (χ4v) is 2.66. The molecule has 1 unspecified atom stereocenters. The molecule has 0 spiro atoms. The fraction of sp³-hybridized carbons (Fsp3) is 1.00. The molecule has 0 amide bonds. The van der Waals surface area contributed by atoms with Crippen LogP contribution < -0.4 is 4.72 Å². The molecule has 1 atom stereocenters. The summed E-state index contributed by atoms with van der Waals surface area (Å²) in [5.41, 5.74) is 0. The van der Waals surface area contributed by atoms with Crippen LogP contribution >= 0.6 is 11.6 Å². The first-order valence-corrected chi connectivity index (χ1v) is 6.79. The number of nitrogens with one attached hydrogen (secondary N) is 1. The predicted molar refractivity (Wildman–Crippen MR) is 58.2 cm³/mol. The zero-order valence-corrected chi connectivity index (χ0v) is 10.2. The van der Waals surface area contributed by atoms with Crippen LogP contribution in [0.3, 0.4) is 0 Å². The molecule has 0 aliphatic carbocycles. The lowest BCUT2D eigenvalue weighted by Gasteiger charge is -2.14. The van der Waals surface area contributed by atoms with Crippen LogP contribution in [0, 0.1) is 0 Å². The first kappa shape index (κ1) is 14.2. The van der Waals surface area contributed by atoms with Crippen LogP contribution in [0.5, 0.6) is 0 Å². The number of halogens is 1. The van der Waals surface area contributed by atoms with Gasteiger partial charge in [0.25, 0.3) is 0 Å². The van der Waals surface area contributed by atoms with E-state index < -0.39 is 10.0 Å². The summed E-state index contributed by atoms with van der Waals surface area (Å²) in [6.07, 6.45) is 1.52. The minimum absolute atomic E-state index is 0.153. The maximum Gasteiger partial charge on any atom is 0.211 e. The van der Waals surface area contributed by atoms with E-state index in [1.165, 1.54) is 7.11 Å². The van der Waals surface area contributed by atoms with Crippen LogP contribution in [0.4, 0.5) is 0 Å². The standard InChI is InChI=1S/C8H18ClNO3S/c1-3-4-5-14(11,12)10-8(6-9)7-13-2/h8,10H,3-7H2,1-2H3. The van der Waals surface area contributed by atoms with Gasteiger partial charge in [-0.25, -0.2) is 13.1 Å². The van der Waals surface area contributed by atoms with E-state index in [0.29, 0.717) is 13.0 Å². The Morgan fingerprint density at radius 3 is 2.57 bits per heavy atom. The van der Waals surface area contributed by atoms with Gasteiger partial charge in [0.2, 0.25) is 10.0 Å². The van der Waals surface area contributed by atoms with Crippen molar-refractivity contribution < 1.29 is 13.2 Å². The highest BCUT2D eigenvalue weighted by molar-refractivity contribution is 7.89. The first-order chi connectivity index (χ1) is 6.55. The molecule has 14 heavy (non-hydrogen) atoms. The summed E-state index contributed by atoms with van der Waals surface area (Å²) in [6.45, 7) is 2.25. The molecule has 0 aromatic rings. The van der Waals surface area contributed by atoms with Crippen molar-refractivity contribution in [1.82, 2.24) is 4.72 Å². The molecule has 0 radical (unpaired) electrons. The first-order valence-electron chi connectivity index (χ1n) is 4.60. The maximum atomic E-state index is 11.4. The van der Waals surface area contributed by atoms with Crippen LogP contribution in [0.15, 0.2) is 0 Å². The van der Waals surface area contributed by atoms with Gasteiger partial charge in [-0.15, -0.1) is 11.6 Å². The number of hydrogen-bond acceptors (Lipinski definition) is 3. The van der Waals surface area contributed by atoms with Crippen molar-refractivity contribution in [3.8, 4) is 0 Å². The monoisotopic (exact) mass is 243 g/mol. The Morgan fingerprint density at radius 1 is 1.50 bits per heavy atom. The number of sulfonamides is 1. The largest absolute Gasteiger partial charge is 0.383 e. The molecule has 6 heteroatoms. The Morgan fingerprint density at radius 2 is 2.14 bits per heavy atom. The summed E-state index contributed by atoms with van der Waals surface area (Å²) in [5.74, 6) is 0.375. The van der Waals surface area contributed by atoms with Gasteiger partial charge in [0.05, 0.1) is 18.4 Å². The minimum atomic E-state index is -3.19. The van der Waals surface area contributed by atoms with E-state index in [1.807, 2.05) is 6.92 Å². The number of unbranched alkanes of at least 4 members (excludes halogenated alkanes) is 1. The number of ether oxygens (including phenoxy) is 1. The molecule has 0 saturated carbocycles. The lowest BCUT2D eigenvalue weighted by Crippen LogP contribution is -2.40. The molecular weight excluding hydrogens is 226 g/mol. The third-order valence-electron chi connectivity index (χ3n) is 1.67. The summed E-state index contributed by atoms with van der Waals surface area (Å²) >= 11 is 5.58. The van der Waals surface area contributed by atoms with Crippen LogP contribution in [0.1, 0.15) is 19.8 Å². The summed E-state index contributed by atoms with van der Waals surface area (Å²) in [7, 11) is -1.68. The number of hydrogen-bond donors (Lipinski definition) is 1. The van der Waals surface area contributed by atoms with Gasteiger partial charge in [-0.1, -0.05) is 13.3 Å². The molecule has 0 rings (SSSR count). The summed E-state index contributed by atoms with van der Waals surface area (Å²) in [6, 6.07) is -0.330. The molecule has 0 aromatic heterocycles. The zero-order chi connectivity index (χ0) is 11.0. The lowest BCUT2D eigenvalue weighted by atomic mass is 10.4. The zero-order valence-electron chi connectivity index (χ0n) is 8.62. The number of rotatable bonds is 8. The third kappa shape index (κ3) is 6.59. The van der Waals surface area contributed by atoms with Crippen LogP contribution in [0.2, 0.25) is 0 Å². The normalized spacial score (nSPS) is 14.2. The van der Waals surface area contributed by atoms with Gasteiger partial charge in [-0.2, -0.15) is 0 Å². The number of methoxy groups -OCH3 is 1. The van der Waals surface area contributed by atoms with Crippen LogP contribution in [-0.4, -0.2) is 39.8 Å². The van der Waals surface area contributed by atoms with Crippen LogP contribution in [-0.2, 0) is 14.8 Å². The van der Waals surface area contributed by atoms with E-state index in [2.05, 4.69) is 4.72 Å². The van der Waals surface area contributed by atoms with Gasteiger partial charge in [0, 0.05) is 13.0 Å². The highest BCUT2D eigenvalue weighted by atomic mass is 35.5. The van der Waals surface area contributed by atoms with E-state index in [-0.39, 0.29) is 17.7 Å². The molecule has 1 N–H and O–H groups in total. The molecule has 0 fully saturated rings. The minimum Gasteiger partial charge on any atom is -0.383 e. The average molecular weight is 244 g/mol. The van der Waals surface area contributed by atoms with Crippen molar-refractivity contribution in [3.05, 3.63) is 0 Å². The second-order valence-corrected chi connectivity index (χ2v) is 5.28. The SMILES string of the molecule is CCCCS(=O)(=O)NC(CCl)COC. The Kier molecular flexibility index (Phi) is 7.54. The highest BCUT2D eigenvalue weighted by Gasteiger charge is 2.16. The molecule has 4 nitrogen and oxygen atoms in total. The summed E-state index contributed by atoms with van der Waals surface area (Å²) in [4.78, 5) is 0. The van der Waals surface area contributed by atoms with Gasteiger partial charge >= 0.3 is 0 Å². The summed E-state index contributed by atoms with van der Waals surface area (Å²) < 4.78 is 30.1. The fourth-order valence-electron chi connectivity index (χ4n) is 0.958. The smallest absolute Gasteiger partial charge is 0.211 e. The lowest BCUT2D eigenvalue weighted by molar-refractivity contribution is 0.181. The van der Waals surface area contributed by atoms with Crippen molar-refractivity contribution in [2.24, 2.45) is 0 Å². The Hall–Kier alpha value is 0.160. The van der Waals surface area contributed by atoms with E-state index in [4.69, 9.17) is 16.3 Å². The molecular formula is C8H18ClNO3S. The Balaban J connectivity index is 4.04. The van der Waals surface area contributed by atoms with E-state index in [0.717, 1.165) is 6.42 Å². The second kappa shape index (κ2) is 7.45. The van der Waals surface area contributed by atoms with Crippen molar-refractivity contribution in [1.29, 1.82) is 0 Å². The van der Waals surface area contributed by atoms with E-state index in [1.54, 1.807) is 0 Å². The molecule has 0 aromatic carbocycles. The van der Waals surface area contributed by atoms with Crippen molar-refractivity contribution in [2.45, 2.75) is 25.8 Å². The highest BCUT2D eigenvalue weighted by Crippen LogP contribution is 1.97. The summed E-state index contributed by atoms with van der Waals surface area (Å²) in [5, 5.41) is 0. The van der Waals surface area contributed by atoms with Crippen LogP contribution in [0.25, 0.3) is 0 Å². The van der Waals surface area contributed by atoms with Gasteiger partial charge in [-0.05, 0) is 6.42 Å². The maximum absolute atomic E-state index is 11.4. The second-order valence-electron chi connectivity index (χ2n) is 3.10. The van der Waals surface area contributed by atoms with Crippen molar-refractivity contribution in [2.75, 3.05) is 25.3 Å². The van der Waals surface area contributed by atoms with E-state index >= 15 is 0 Å². The molecule has 86 valence electrons. The number of alkyl halides is 1. The third-order valence-corrected chi connectivity index (χ3v) is 3.56. The Bertz CT molecular complexity index is 231. The molecule has 0 saturated heterocycles. The average Bonchev–Trinajstić information content (AvgIpc) is 2.14. The van der Waals surface area contributed by atoms with Crippen molar-refractivity contribution >= 4 is 21.6 Å². The molecule has 0 aliphatic rings.